The van der Waals surface area contributed by atoms with Crippen molar-refractivity contribution < 1.29 is 78.9 Å². The molecule has 0 saturated carbocycles. The molecule has 2 fully saturated rings. The van der Waals surface area contributed by atoms with Gasteiger partial charge in [0.15, 0.2) is 12.2 Å². The smallest absolute Gasteiger partial charge is 0.346 e. The first-order chi connectivity index (χ1) is 22.4. The van der Waals surface area contributed by atoms with Crippen molar-refractivity contribution in [1.82, 2.24) is 0 Å². The summed E-state index contributed by atoms with van der Waals surface area (Å²) in [6, 6.07) is 9.91. The number of hydrogen-bond acceptors (Lipinski definition) is 16. The fourth-order valence-corrected chi connectivity index (χ4v) is 4.90. The fraction of sp³-hybridized carbons (Fsp3) is 0.548. The van der Waals surface area contributed by atoms with Gasteiger partial charge < -0.3 is 69.3 Å². The minimum absolute atomic E-state index is 0.0590. The van der Waals surface area contributed by atoms with Gasteiger partial charge in [-0.15, -0.1) is 0 Å². The van der Waals surface area contributed by atoms with Crippen molar-refractivity contribution in [3.8, 4) is 17.2 Å². The molecule has 2 heterocycles. The molecule has 2 aliphatic heterocycles. The maximum atomic E-state index is 13.3. The highest BCUT2D eigenvalue weighted by molar-refractivity contribution is 5.95. The number of carbonyl (C=O) groups is 2. The van der Waals surface area contributed by atoms with E-state index < -0.39 is 110 Å². The lowest BCUT2D eigenvalue weighted by atomic mass is 9.98. The number of phenols is 1. The van der Waals surface area contributed by atoms with Crippen LogP contribution in [0.3, 0.4) is 0 Å². The Morgan fingerprint density at radius 2 is 1.38 bits per heavy atom. The molecule has 0 aliphatic carbocycles. The average molecular weight is 669 g/mol. The maximum absolute atomic E-state index is 13.3. The molecule has 2 aromatic rings. The minimum Gasteiger partial charge on any atom is -0.507 e. The van der Waals surface area contributed by atoms with Crippen molar-refractivity contribution >= 4 is 11.9 Å². The summed E-state index contributed by atoms with van der Waals surface area (Å²) < 4.78 is 33.0. The third-order valence-corrected chi connectivity index (χ3v) is 7.96. The van der Waals surface area contributed by atoms with Gasteiger partial charge in [0.2, 0.25) is 12.6 Å². The Balaban J connectivity index is 1.50. The summed E-state index contributed by atoms with van der Waals surface area (Å²) in [5, 5.41) is 81.8. The highest BCUT2D eigenvalue weighted by atomic mass is 16.7. The van der Waals surface area contributed by atoms with Gasteiger partial charge in [-0.05, 0) is 24.6 Å². The van der Waals surface area contributed by atoms with Crippen LogP contribution in [0.1, 0.15) is 36.2 Å². The van der Waals surface area contributed by atoms with E-state index in [0.717, 1.165) is 0 Å². The van der Waals surface area contributed by atoms with Crippen LogP contribution in [-0.2, 0) is 30.3 Å². The number of aliphatic hydroxyl groups excluding tert-OH is 7. The number of aromatic hydroxyl groups is 1. The van der Waals surface area contributed by atoms with Crippen molar-refractivity contribution in [2.75, 3.05) is 13.2 Å². The summed E-state index contributed by atoms with van der Waals surface area (Å²) in [5.74, 6) is -3.17. The molecule has 47 heavy (non-hydrogen) atoms. The number of benzene rings is 2. The standard InChI is InChI=1S/C31H40O16/c1-3-14(2)28(40)47-27-23(36)20(12-33)46-31(26(27)39)44-18-10-6-8-16(34)21(18)29(41)42-13-15-7-4-5-9-17(15)43-30-25(38)24(37)22(35)19(11-32)45-30/h4-10,14,19-20,22-27,30-39H,3,11-13H2,1-2H3. The molecule has 0 amide bonds. The van der Waals surface area contributed by atoms with Gasteiger partial charge in [-0.2, -0.15) is 0 Å². The first-order valence-corrected chi connectivity index (χ1v) is 14.9. The second kappa shape index (κ2) is 16.0. The molecule has 0 spiro atoms. The quantitative estimate of drug-likeness (QED) is 0.122. The molecule has 2 saturated heterocycles. The van der Waals surface area contributed by atoms with Crippen LogP contribution in [0.4, 0.5) is 0 Å². The maximum Gasteiger partial charge on any atom is 0.346 e. The summed E-state index contributed by atoms with van der Waals surface area (Å²) >= 11 is 0. The predicted molar refractivity (Wildman–Crippen MR) is 156 cm³/mol. The van der Waals surface area contributed by atoms with Crippen LogP contribution < -0.4 is 9.47 Å². The predicted octanol–water partition coefficient (Wildman–Crippen LogP) is -1.30. The number of aliphatic hydroxyl groups is 7. The molecule has 2 aromatic carbocycles. The third kappa shape index (κ3) is 8.11. The molecule has 11 unspecified atom stereocenters. The second-order valence-electron chi connectivity index (χ2n) is 11.2. The molecule has 0 radical (unpaired) electrons. The Kier molecular flexibility index (Phi) is 12.4. The van der Waals surface area contributed by atoms with Crippen LogP contribution in [0, 0.1) is 5.92 Å². The van der Waals surface area contributed by atoms with Gasteiger partial charge in [0.25, 0.3) is 0 Å². The highest BCUT2D eigenvalue weighted by Crippen LogP contribution is 2.34. The number of rotatable bonds is 12. The Morgan fingerprint density at radius 3 is 2.04 bits per heavy atom. The topological polar surface area (TPSA) is 251 Å². The number of ether oxygens (including phenoxy) is 6. The first kappa shape index (κ1) is 36.3. The summed E-state index contributed by atoms with van der Waals surface area (Å²) in [5.41, 5.74) is -0.220. The molecule has 11 atom stereocenters. The Labute approximate surface area is 269 Å². The summed E-state index contributed by atoms with van der Waals surface area (Å²) in [4.78, 5) is 25.7. The Morgan fingerprint density at radius 1 is 0.787 bits per heavy atom. The third-order valence-electron chi connectivity index (χ3n) is 7.96. The monoisotopic (exact) mass is 668 g/mol. The van der Waals surface area contributed by atoms with Gasteiger partial charge in [0.05, 0.1) is 19.1 Å². The molecule has 0 aromatic heterocycles. The molecular formula is C31H40O16. The molecule has 260 valence electrons. The highest BCUT2D eigenvalue weighted by Gasteiger charge is 2.49. The van der Waals surface area contributed by atoms with Crippen LogP contribution in [0.5, 0.6) is 17.2 Å². The number of hydrogen-bond donors (Lipinski definition) is 8. The van der Waals surface area contributed by atoms with Crippen molar-refractivity contribution in [2.24, 2.45) is 5.92 Å². The zero-order valence-electron chi connectivity index (χ0n) is 25.6. The number of esters is 2. The normalized spacial score (nSPS) is 31.4. The fourth-order valence-electron chi connectivity index (χ4n) is 4.90. The van der Waals surface area contributed by atoms with E-state index in [1.165, 1.54) is 30.3 Å². The lowest BCUT2D eigenvalue weighted by molar-refractivity contribution is -0.282. The van der Waals surface area contributed by atoms with E-state index in [2.05, 4.69) is 0 Å². The Bertz CT molecular complexity index is 1350. The van der Waals surface area contributed by atoms with E-state index in [-0.39, 0.29) is 17.1 Å². The van der Waals surface area contributed by atoms with Crippen molar-refractivity contribution in [3.63, 3.8) is 0 Å². The van der Waals surface area contributed by atoms with Gasteiger partial charge >= 0.3 is 11.9 Å². The van der Waals surface area contributed by atoms with E-state index >= 15 is 0 Å². The SMILES string of the molecule is CCC(C)C(=O)OC1C(O)C(CO)OC(Oc2cccc(O)c2C(=O)OCc2ccccc2OC2OC(CO)C(O)C(O)C2O)C1O. The molecule has 0 bridgehead atoms. The van der Waals surface area contributed by atoms with Crippen LogP contribution in [0.2, 0.25) is 0 Å². The number of carbonyl (C=O) groups excluding carboxylic acids is 2. The van der Waals surface area contributed by atoms with Crippen LogP contribution in [0.15, 0.2) is 42.5 Å². The second-order valence-corrected chi connectivity index (χ2v) is 11.2. The largest absolute Gasteiger partial charge is 0.507 e. The van der Waals surface area contributed by atoms with Gasteiger partial charge in [0.1, 0.15) is 66.0 Å². The Hall–Kier alpha value is -3.58. The minimum atomic E-state index is -1.78. The molecule has 8 N–H and O–H groups in total. The van der Waals surface area contributed by atoms with Crippen LogP contribution >= 0.6 is 0 Å². The van der Waals surface area contributed by atoms with Gasteiger partial charge in [-0.25, -0.2) is 4.79 Å². The van der Waals surface area contributed by atoms with E-state index in [1.807, 2.05) is 0 Å². The first-order valence-electron chi connectivity index (χ1n) is 14.9. The molecular weight excluding hydrogens is 628 g/mol. The van der Waals surface area contributed by atoms with Crippen molar-refractivity contribution in [2.45, 2.75) is 88.3 Å². The lowest BCUT2D eigenvalue weighted by Crippen LogP contribution is -2.61. The van der Waals surface area contributed by atoms with Crippen LogP contribution in [0.25, 0.3) is 0 Å². The molecule has 2 aliphatic rings. The molecule has 16 nitrogen and oxygen atoms in total. The molecule has 16 heteroatoms. The van der Waals surface area contributed by atoms with Crippen molar-refractivity contribution in [3.05, 3.63) is 53.6 Å². The zero-order valence-corrected chi connectivity index (χ0v) is 25.6. The van der Waals surface area contributed by atoms with E-state index in [1.54, 1.807) is 26.0 Å². The van der Waals surface area contributed by atoms with Gasteiger partial charge in [0, 0.05) is 5.56 Å². The van der Waals surface area contributed by atoms with Gasteiger partial charge in [-0.1, -0.05) is 38.1 Å². The van der Waals surface area contributed by atoms with E-state index in [9.17, 15) is 50.4 Å². The summed E-state index contributed by atoms with van der Waals surface area (Å²) in [7, 11) is 0. The van der Waals surface area contributed by atoms with Crippen LogP contribution in [-0.4, -0.2) is 127 Å². The van der Waals surface area contributed by atoms with E-state index in [0.29, 0.717) is 6.42 Å². The lowest BCUT2D eigenvalue weighted by Gasteiger charge is -2.41. The van der Waals surface area contributed by atoms with Gasteiger partial charge in [-0.3, -0.25) is 4.79 Å². The van der Waals surface area contributed by atoms with Crippen molar-refractivity contribution in [1.29, 1.82) is 0 Å². The number of para-hydroxylation sites is 1. The summed E-state index contributed by atoms with van der Waals surface area (Å²) in [6.45, 7) is 1.50. The van der Waals surface area contributed by atoms with E-state index in [4.69, 9.17) is 28.4 Å². The number of phenolic OH excluding ortho intramolecular Hbond substituents is 1. The summed E-state index contributed by atoms with van der Waals surface area (Å²) in [6.07, 6.45) is -15.2. The molecule has 4 rings (SSSR count). The average Bonchev–Trinajstić information content (AvgIpc) is 3.07. The zero-order chi connectivity index (χ0) is 34.4.